The van der Waals surface area contributed by atoms with Crippen molar-refractivity contribution in [1.29, 1.82) is 0 Å². The Bertz CT molecular complexity index is 970. The van der Waals surface area contributed by atoms with Crippen molar-refractivity contribution in [2.24, 2.45) is 0 Å². The molecule has 0 spiro atoms. The number of carboxylic acids is 1. The maximum Gasteiger partial charge on any atom is 0.408 e. The van der Waals surface area contributed by atoms with Crippen molar-refractivity contribution in [3.63, 3.8) is 0 Å². The van der Waals surface area contributed by atoms with E-state index in [9.17, 15) is 19.5 Å². The zero-order valence-electron chi connectivity index (χ0n) is 17.7. The summed E-state index contributed by atoms with van der Waals surface area (Å²) >= 11 is 0. The standard InChI is InChI=1S/C23H26N2O6/c1-22(2,3)31-21(29)25-19-20(28)24-16-11-7-8-12-17(16)30-23(19,14-18(26)27)13-15-9-5-4-6-10-15/h4-12,19H,13-14H2,1-3H3,(H,24,28)(H,25,29)(H,26,27)/t19-,23+/m1/s1. The maximum atomic E-state index is 13.2. The van der Waals surface area contributed by atoms with Crippen molar-refractivity contribution < 1.29 is 29.0 Å². The molecular weight excluding hydrogens is 400 g/mol. The van der Waals surface area contributed by atoms with Crippen molar-refractivity contribution in [2.75, 3.05) is 5.32 Å². The highest BCUT2D eigenvalue weighted by atomic mass is 16.6. The first-order valence-electron chi connectivity index (χ1n) is 9.92. The smallest absolute Gasteiger partial charge is 0.408 e. The van der Waals surface area contributed by atoms with Crippen LogP contribution in [-0.2, 0) is 20.7 Å². The summed E-state index contributed by atoms with van der Waals surface area (Å²) < 4.78 is 11.6. The van der Waals surface area contributed by atoms with Gasteiger partial charge >= 0.3 is 12.1 Å². The first-order valence-corrected chi connectivity index (χ1v) is 9.92. The van der Waals surface area contributed by atoms with Crippen LogP contribution in [0.4, 0.5) is 10.5 Å². The molecule has 3 N–H and O–H groups in total. The average Bonchev–Trinajstić information content (AvgIpc) is 2.76. The van der Waals surface area contributed by atoms with Gasteiger partial charge in [0.2, 0.25) is 0 Å². The zero-order valence-corrected chi connectivity index (χ0v) is 17.7. The van der Waals surface area contributed by atoms with Gasteiger partial charge in [-0.3, -0.25) is 9.59 Å². The summed E-state index contributed by atoms with van der Waals surface area (Å²) in [5.41, 5.74) is -1.25. The van der Waals surface area contributed by atoms with Crippen LogP contribution in [0.3, 0.4) is 0 Å². The monoisotopic (exact) mass is 426 g/mol. The van der Waals surface area contributed by atoms with Crippen molar-refractivity contribution in [3.8, 4) is 5.75 Å². The van der Waals surface area contributed by atoms with Crippen molar-refractivity contribution in [1.82, 2.24) is 5.32 Å². The molecule has 8 nitrogen and oxygen atoms in total. The molecule has 1 aliphatic rings. The number of hydrogen-bond donors (Lipinski definition) is 3. The molecule has 0 radical (unpaired) electrons. The number of ether oxygens (including phenoxy) is 2. The van der Waals surface area contributed by atoms with Crippen LogP contribution in [0.25, 0.3) is 0 Å². The lowest BCUT2D eigenvalue weighted by Gasteiger charge is -2.38. The Balaban J connectivity index is 2.09. The van der Waals surface area contributed by atoms with Crippen molar-refractivity contribution >= 4 is 23.7 Å². The fourth-order valence-corrected chi connectivity index (χ4v) is 3.54. The number of benzene rings is 2. The number of alkyl carbamates (subject to hydrolysis) is 1. The van der Waals surface area contributed by atoms with E-state index in [1.807, 2.05) is 30.3 Å². The minimum Gasteiger partial charge on any atom is -0.481 e. The lowest BCUT2D eigenvalue weighted by atomic mass is 9.83. The fraction of sp³-hybridized carbons (Fsp3) is 0.348. The summed E-state index contributed by atoms with van der Waals surface area (Å²) in [6.07, 6.45) is -1.29. The van der Waals surface area contributed by atoms with Crippen LogP contribution in [0.15, 0.2) is 54.6 Å². The third-order valence-electron chi connectivity index (χ3n) is 4.70. The van der Waals surface area contributed by atoms with Crippen LogP contribution in [0.5, 0.6) is 5.75 Å². The predicted octanol–water partition coefficient (Wildman–Crippen LogP) is 3.37. The van der Waals surface area contributed by atoms with Gasteiger partial charge in [0.25, 0.3) is 5.91 Å². The van der Waals surface area contributed by atoms with Gasteiger partial charge < -0.3 is 25.2 Å². The second-order valence-corrected chi connectivity index (χ2v) is 8.46. The number of rotatable bonds is 5. The Kier molecular flexibility index (Phi) is 6.19. The number of nitrogens with one attached hydrogen (secondary N) is 2. The number of amides is 2. The highest BCUT2D eigenvalue weighted by molar-refractivity contribution is 6.00. The van der Waals surface area contributed by atoms with Crippen molar-refractivity contribution in [2.45, 2.75) is 50.9 Å². The highest BCUT2D eigenvalue weighted by Gasteiger charge is 2.50. The van der Waals surface area contributed by atoms with Gasteiger partial charge in [0.1, 0.15) is 11.4 Å². The quantitative estimate of drug-likeness (QED) is 0.676. The van der Waals surface area contributed by atoms with E-state index in [0.717, 1.165) is 5.56 Å². The largest absolute Gasteiger partial charge is 0.481 e. The van der Waals surface area contributed by atoms with E-state index in [-0.39, 0.29) is 6.42 Å². The van der Waals surface area contributed by atoms with E-state index in [4.69, 9.17) is 9.47 Å². The molecule has 3 rings (SSSR count). The number of fused-ring (bicyclic) bond motifs is 1. The lowest BCUT2D eigenvalue weighted by molar-refractivity contribution is -0.143. The van der Waals surface area contributed by atoms with Gasteiger partial charge in [-0.25, -0.2) is 4.79 Å². The molecule has 0 bridgehead atoms. The summed E-state index contributed by atoms with van der Waals surface area (Å²) in [6.45, 7) is 5.09. The van der Waals surface area contributed by atoms with Gasteiger partial charge in [-0.1, -0.05) is 42.5 Å². The fourth-order valence-electron chi connectivity index (χ4n) is 3.54. The van der Waals surface area contributed by atoms with Gasteiger partial charge in [-0.15, -0.1) is 0 Å². The van der Waals surface area contributed by atoms with Gasteiger partial charge in [0, 0.05) is 6.42 Å². The Hall–Kier alpha value is -3.55. The van der Waals surface area contributed by atoms with Crippen LogP contribution in [0.2, 0.25) is 0 Å². The topological polar surface area (TPSA) is 114 Å². The third kappa shape index (κ3) is 5.53. The zero-order chi connectivity index (χ0) is 22.6. The van der Waals surface area contributed by atoms with Crippen LogP contribution >= 0.6 is 0 Å². The van der Waals surface area contributed by atoms with E-state index < -0.39 is 41.6 Å². The Morgan fingerprint density at radius 3 is 2.42 bits per heavy atom. The molecule has 2 aromatic rings. The van der Waals surface area contributed by atoms with Gasteiger partial charge in [-0.05, 0) is 38.5 Å². The second kappa shape index (κ2) is 8.67. The number of hydrogen-bond acceptors (Lipinski definition) is 5. The maximum absolute atomic E-state index is 13.2. The Morgan fingerprint density at radius 1 is 1.13 bits per heavy atom. The number of para-hydroxylation sites is 2. The molecule has 164 valence electrons. The molecule has 1 heterocycles. The minimum absolute atomic E-state index is 0.0718. The van der Waals surface area contributed by atoms with Crippen LogP contribution in [0.1, 0.15) is 32.8 Å². The molecule has 0 aromatic heterocycles. The average molecular weight is 426 g/mol. The molecule has 2 aromatic carbocycles. The molecule has 0 saturated heterocycles. The summed E-state index contributed by atoms with van der Waals surface area (Å²) in [4.78, 5) is 37.7. The molecule has 0 aliphatic carbocycles. The molecule has 0 unspecified atom stereocenters. The summed E-state index contributed by atoms with van der Waals surface area (Å²) in [5.74, 6) is -1.44. The SMILES string of the molecule is CC(C)(C)OC(=O)N[C@@H]1C(=O)Nc2ccccc2O[C@]1(CC(=O)O)Cc1ccccc1. The number of carbonyl (C=O) groups is 3. The first-order chi connectivity index (χ1) is 14.6. The predicted molar refractivity (Wildman–Crippen MR) is 114 cm³/mol. The van der Waals surface area contributed by atoms with Crippen LogP contribution in [0, 0.1) is 0 Å². The Labute approximate surface area is 180 Å². The van der Waals surface area contributed by atoms with Crippen LogP contribution in [-0.4, -0.2) is 40.3 Å². The normalized spacial score (nSPS) is 20.5. The minimum atomic E-state index is -1.60. The lowest BCUT2D eigenvalue weighted by Crippen LogP contribution is -2.62. The second-order valence-electron chi connectivity index (χ2n) is 8.46. The number of carboxylic acid groups (broad SMARTS) is 1. The summed E-state index contributed by atoms with van der Waals surface area (Å²) in [7, 11) is 0. The summed E-state index contributed by atoms with van der Waals surface area (Å²) in [6, 6.07) is 14.5. The molecule has 31 heavy (non-hydrogen) atoms. The molecular formula is C23H26N2O6. The van der Waals surface area contributed by atoms with Crippen LogP contribution < -0.4 is 15.4 Å². The van der Waals surface area contributed by atoms with Gasteiger partial charge in [-0.2, -0.15) is 0 Å². The van der Waals surface area contributed by atoms with E-state index in [2.05, 4.69) is 10.6 Å². The summed E-state index contributed by atoms with van der Waals surface area (Å²) in [5, 5.41) is 15.0. The molecule has 1 aliphatic heterocycles. The highest BCUT2D eigenvalue weighted by Crippen LogP contribution is 2.37. The molecule has 0 saturated carbocycles. The van der Waals surface area contributed by atoms with E-state index in [0.29, 0.717) is 11.4 Å². The van der Waals surface area contributed by atoms with Gasteiger partial charge in [0.05, 0.1) is 12.1 Å². The molecule has 2 amide bonds. The van der Waals surface area contributed by atoms with E-state index >= 15 is 0 Å². The third-order valence-corrected chi connectivity index (χ3v) is 4.70. The molecule has 2 atom stereocenters. The number of anilines is 1. The molecule has 0 fully saturated rings. The number of aliphatic carboxylic acids is 1. The van der Waals surface area contributed by atoms with Gasteiger partial charge in [0.15, 0.2) is 11.6 Å². The molecule has 8 heteroatoms. The van der Waals surface area contributed by atoms with Crippen molar-refractivity contribution in [3.05, 3.63) is 60.2 Å². The first kappa shape index (κ1) is 22.1. The van der Waals surface area contributed by atoms with E-state index in [1.165, 1.54) is 0 Å². The Morgan fingerprint density at radius 2 is 1.77 bits per heavy atom. The number of carbonyl (C=O) groups excluding carboxylic acids is 2. The van der Waals surface area contributed by atoms with E-state index in [1.54, 1.807) is 45.0 Å².